The second-order valence-electron chi connectivity index (χ2n) is 1.77. The van der Waals surface area contributed by atoms with Crippen LogP contribution < -0.4 is 0 Å². The van der Waals surface area contributed by atoms with Crippen molar-refractivity contribution in [2.45, 2.75) is 6.43 Å². The van der Waals surface area contributed by atoms with E-state index in [2.05, 4.69) is 4.74 Å². The van der Waals surface area contributed by atoms with Crippen molar-refractivity contribution in [3.8, 4) is 0 Å². The Hall–Kier alpha value is 0.0700. The van der Waals surface area contributed by atoms with Crippen molar-refractivity contribution >= 4 is 11.6 Å². The highest BCUT2D eigenvalue weighted by atomic mass is 35.5. The van der Waals surface area contributed by atoms with E-state index < -0.39 is 13.0 Å². The Bertz CT molecular complexity index is 83.0. The molecular formula is C6H11ClF2O2. The smallest absolute Gasteiger partial charge is 0.261 e. The Balaban J connectivity index is 2.80. The van der Waals surface area contributed by atoms with E-state index in [4.69, 9.17) is 16.3 Å². The van der Waals surface area contributed by atoms with Crippen LogP contribution in [0.4, 0.5) is 8.78 Å². The Labute approximate surface area is 69.4 Å². The van der Waals surface area contributed by atoms with Crippen LogP contribution in [0.5, 0.6) is 0 Å². The van der Waals surface area contributed by atoms with Crippen LogP contribution in [0, 0.1) is 0 Å². The molecule has 0 saturated carbocycles. The lowest BCUT2D eigenvalue weighted by Crippen LogP contribution is -2.10. The maximum Gasteiger partial charge on any atom is 0.261 e. The molecule has 0 aliphatic heterocycles. The number of hydrogen-bond acceptors (Lipinski definition) is 2. The quantitative estimate of drug-likeness (QED) is 0.446. The molecule has 0 heterocycles. The minimum atomic E-state index is -2.40. The van der Waals surface area contributed by atoms with Crippen molar-refractivity contribution in [1.29, 1.82) is 0 Å². The summed E-state index contributed by atoms with van der Waals surface area (Å²) >= 11 is 5.28. The monoisotopic (exact) mass is 188 g/mol. The molecule has 11 heavy (non-hydrogen) atoms. The van der Waals surface area contributed by atoms with Gasteiger partial charge in [-0.25, -0.2) is 8.78 Å². The summed E-state index contributed by atoms with van der Waals surface area (Å²) in [6, 6.07) is 0. The van der Waals surface area contributed by atoms with Crippen molar-refractivity contribution in [3.63, 3.8) is 0 Å². The first-order valence-electron chi connectivity index (χ1n) is 3.27. The highest BCUT2D eigenvalue weighted by molar-refractivity contribution is 6.17. The van der Waals surface area contributed by atoms with E-state index in [1.54, 1.807) is 0 Å². The lowest BCUT2D eigenvalue weighted by Gasteiger charge is -2.02. The first-order chi connectivity index (χ1) is 5.27. The van der Waals surface area contributed by atoms with Gasteiger partial charge in [0.15, 0.2) is 0 Å². The van der Waals surface area contributed by atoms with Gasteiger partial charge in [0.2, 0.25) is 0 Å². The number of ether oxygens (including phenoxy) is 2. The second-order valence-corrected chi connectivity index (χ2v) is 2.15. The number of alkyl halides is 3. The molecule has 0 bridgehead atoms. The first kappa shape index (κ1) is 11.1. The van der Waals surface area contributed by atoms with E-state index in [-0.39, 0.29) is 6.61 Å². The van der Waals surface area contributed by atoms with Gasteiger partial charge in [0.05, 0.1) is 19.8 Å². The molecule has 0 saturated heterocycles. The van der Waals surface area contributed by atoms with Gasteiger partial charge in [-0.1, -0.05) is 0 Å². The molecule has 0 unspecified atom stereocenters. The summed E-state index contributed by atoms with van der Waals surface area (Å²) in [5.74, 6) is 0.412. The summed E-state index contributed by atoms with van der Waals surface area (Å²) in [7, 11) is 0. The van der Waals surface area contributed by atoms with Crippen LogP contribution in [0.15, 0.2) is 0 Å². The van der Waals surface area contributed by atoms with Gasteiger partial charge in [0.25, 0.3) is 6.43 Å². The lowest BCUT2D eigenvalue weighted by molar-refractivity contribution is -0.00709. The molecule has 0 rings (SSSR count). The fourth-order valence-corrected chi connectivity index (χ4v) is 0.556. The van der Waals surface area contributed by atoms with Crippen molar-refractivity contribution < 1.29 is 18.3 Å². The molecule has 0 spiro atoms. The standard InChI is InChI=1S/C6H11ClF2O2/c7-1-2-10-3-4-11-5-6(8)9/h6H,1-5H2. The molecule has 0 atom stereocenters. The van der Waals surface area contributed by atoms with Gasteiger partial charge in [-0.3, -0.25) is 0 Å². The molecule has 5 heteroatoms. The predicted octanol–water partition coefficient (Wildman–Crippen LogP) is 1.52. The number of rotatable bonds is 7. The normalized spacial score (nSPS) is 10.9. The van der Waals surface area contributed by atoms with Crippen molar-refractivity contribution in [1.82, 2.24) is 0 Å². The Kier molecular flexibility index (Phi) is 8.22. The molecule has 68 valence electrons. The van der Waals surface area contributed by atoms with Crippen LogP contribution in [-0.2, 0) is 9.47 Å². The zero-order valence-electron chi connectivity index (χ0n) is 6.06. The molecule has 0 radical (unpaired) electrons. The molecule has 0 aromatic carbocycles. The van der Waals surface area contributed by atoms with Gasteiger partial charge >= 0.3 is 0 Å². The van der Waals surface area contributed by atoms with Crippen LogP contribution in [0.25, 0.3) is 0 Å². The minimum absolute atomic E-state index is 0.196. The van der Waals surface area contributed by atoms with Crippen molar-refractivity contribution in [2.75, 3.05) is 32.3 Å². The zero-order valence-corrected chi connectivity index (χ0v) is 6.82. The summed E-state index contributed by atoms with van der Waals surface area (Å²) in [6.45, 7) is 0.421. The molecule has 0 fully saturated rings. The summed E-state index contributed by atoms with van der Waals surface area (Å²) < 4.78 is 32.2. The Morgan fingerprint density at radius 1 is 1.09 bits per heavy atom. The maximum absolute atomic E-state index is 11.4. The average molecular weight is 189 g/mol. The van der Waals surface area contributed by atoms with Gasteiger partial charge in [0.1, 0.15) is 6.61 Å². The minimum Gasteiger partial charge on any atom is -0.378 e. The van der Waals surface area contributed by atoms with Gasteiger partial charge in [0, 0.05) is 5.88 Å². The summed E-state index contributed by atoms with van der Waals surface area (Å²) in [5, 5.41) is 0. The molecule has 0 N–H and O–H groups in total. The first-order valence-corrected chi connectivity index (χ1v) is 3.80. The molecular weight excluding hydrogens is 178 g/mol. The Morgan fingerprint density at radius 3 is 2.27 bits per heavy atom. The van der Waals surface area contributed by atoms with Crippen LogP contribution >= 0.6 is 11.6 Å². The van der Waals surface area contributed by atoms with Crippen molar-refractivity contribution in [2.24, 2.45) is 0 Å². The van der Waals surface area contributed by atoms with E-state index in [9.17, 15) is 8.78 Å². The van der Waals surface area contributed by atoms with E-state index in [0.717, 1.165) is 0 Å². The summed E-state index contributed by atoms with van der Waals surface area (Å²) in [4.78, 5) is 0. The Morgan fingerprint density at radius 2 is 1.73 bits per heavy atom. The van der Waals surface area contributed by atoms with Gasteiger partial charge in [-0.15, -0.1) is 11.6 Å². The summed E-state index contributed by atoms with van der Waals surface area (Å²) in [5.41, 5.74) is 0. The topological polar surface area (TPSA) is 18.5 Å². The zero-order chi connectivity index (χ0) is 8.53. The van der Waals surface area contributed by atoms with E-state index in [1.807, 2.05) is 0 Å². The van der Waals surface area contributed by atoms with Gasteiger partial charge in [-0.2, -0.15) is 0 Å². The van der Waals surface area contributed by atoms with E-state index in [1.165, 1.54) is 0 Å². The van der Waals surface area contributed by atoms with Crippen LogP contribution in [-0.4, -0.2) is 38.7 Å². The SMILES string of the molecule is FC(F)COCCOCCCl. The molecule has 2 nitrogen and oxygen atoms in total. The molecule has 0 aromatic rings. The number of hydrogen-bond donors (Lipinski definition) is 0. The van der Waals surface area contributed by atoms with Crippen molar-refractivity contribution in [3.05, 3.63) is 0 Å². The summed E-state index contributed by atoms with van der Waals surface area (Å²) in [6.07, 6.45) is -2.40. The fraction of sp³-hybridized carbons (Fsp3) is 1.00. The van der Waals surface area contributed by atoms with E-state index >= 15 is 0 Å². The number of halogens is 3. The molecule has 0 aromatic heterocycles. The van der Waals surface area contributed by atoms with Gasteiger partial charge in [-0.05, 0) is 0 Å². The largest absolute Gasteiger partial charge is 0.378 e. The van der Waals surface area contributed by atoms with Crippen LogP contribution in [0.3, 0.4) is 0 Å². The highest BCUT2D eigenvalue weighted by Gasteiger charge is 2.00. The average Bonchev–Trinajstić information content (AvgIpc) is 1.96. The fourth-order valence-electron chi connectivity index (χ4n) is 0.447. The van der Waals surface area contributed by atoms with E-state index in [0.29, 0.717) is 19.1 Å². The predicted molar refractivity (Wildman–Crippen MR) is 38.4 cm³/mol. The third-order valence-corrected chi connectivity index (χ3v) is 0.992. The lowest BCUT2D eigenvalue weighted by atomic mass is 10.7. The van der Waals surface area contributed by atoms with Crippen LogP contribution in [0.2, 0.25) is 0 Å². The third kappa shape index (κ3) is 10.1. The molecule has 0 aliphatic rings. The molecule has 0 amide bonds. The molecule has 0 aliphatic carbocycles. The highest BCUT2D eigenvalue weighted by Crippen LogP contribution is 1.91. The maximum atomic E-state index is 11.4. The third-order valence-electron chi connectivity index (χ3n) is 0.837. The van der Waals surface area contributed by atoms with Crippen LogP contribution in [0.1, 0.15) is 0 Å². The van der Waals surface area contributed by atoms with Gasteiger partial charge < -0.3 is 9.47 Å². The second kappa shape index (κ2) is 8.17.